The molecule has 1 heterocycles. The van der Waals surface area contributed by atoms with Gasteiger partial charge in [-0.1, -0.05) is 51.7 Å². The highest BCUT2D eigenvalue weighted by Gasteiger charge is 2.22. The van der Waals surface area contributed by atoms with Gasteiger partial charge in [-0.2, -0.15) is 0 Å². The lowest BCUT2D eigenvalue weighted by molar-refractivity contribution is 0.397. The first-order valence-electron chi connectivity index (χ1n) is 8.24. The van der Waals surface area contributed by atoms with Crippen LogP contribution in [0.25, 0.3) is 11.0 Å². The summed E-state index contributed by atoms with van der Waals surface area (Å²) in [4.78, 5) is 4.99. The summed E-state index contributed by atoms with van der Waals surface area (Å²) in [6.07, 6.45) is 8.03. The van der Waals surface area contributed by atoms with E-state index in [9.17, 15) is 0 Å². The number of rotatable bonds is 4. The molecule has 0 spiro atoms. The molecule has 1 unspecified atom stereocenters. The van der Waals surface area contributed by atoms with Gasteiger partial charge in [-0.05, 0) is 30.9 Å². The van der Waals surface area contributed by atoms with E-state index in [4.69, 9.17) is 4.98 Å². The molecule has 1 fully saturated rings. The lowest BCUT2D eigenvalue weighted by atomic mass is 9.88. The summed E-state index contributed by atoms with van der Waals surface area (Å²) >= 11 is 0. The first-order valence-corrected chi connectivity index (χ1v) is 8.24. The molecular weight excluding hydrogens is 244 g/mol. The van der Waals surface area contributed by atoms with Crippen molar-refractivity contribution in [2.75, 3.05) is 0 Å². The maximum atomic E-state index is 4.99. The predicted octanol–water partition coefficient (Wildman–Crippen LogP) is 5.13. The van der Waals surface area contributed by atoms with Crippen molar-refractivity contribution in [1.82, 2.24) is 9.55 Å². The van der Waals surface area contributed by atoms with Gasteiger partial charge in [0.05, 0.1) is 11.0 Å². The maximum absolute atomic E-state index is 4.99. The Labute approximate surface area is 122 Å². The Balaban J connectivity index is 2.02. The van der Waals surface area contributed by atoms with Crippen LogP contribution >= 0.6 is 0 Å². The number of benzene rings is 1. The Morgan fingerprint density at radius 1 is 1.20 bits per heavy atom. The predicted molar refractivity (Wildman–Crippen MR) is 85.0 cm³/mol. The van der Waals surface area contributed by atoms with Crippen molar-refractivity contribution in [1.29, 1.82) is 0 Å². The largest absolute Gasteiger partial charge is 0.327 e. The molecule has 0 amide bonds. The molecule has 3 rings (SSSR count). The van der Waals surface area contributed by atoms with Crippen LogP contribution in [0.3, 0.4) is 0 Å². The summed E-state index contributed by atoms with van der Waals surface area (Å²) in [5.41, 5.74) is 2.50. The van der Waals surface area contributed by atoms with Gasteiger partial charge < -0.3 is 4.57 Å². The van der Waals surface area contributed by atoms with E-state index in [0.29, 0.717) is 5.92 Å². The van der Waals surface area contributed by atoms with Crippen molar-refractivity contribution >= 4 is 11.0 Å². The van der Waals surface area contributed by atoms with Gasteiger partial charge in [-0.3, -0.25) is 0 Å². The Morgan fingerprint density at radius 2 is 1.95 bits per heavy atom. The van der Waals surface area contributed by atoms with E-state index < -0.39 is 0 Å². The molecule has 2 aromatic rings. The molecule has 0 radical (unpaired) electrons. The fourth-order valence-electron chi connectivity index (χ4n) is 3.40. The molecule has 1 aliphatic carbocycles. The standard InChI is InChI=1S/C18H26N2/c1-3-14(2)13-20-17-12-8-7-11-16(17)19-18(20)15-9-5-4-6-10-15/h7-8,11-12,14-15H,3-6,9-10,13H2,1-2H3. The molecule has 1 atom stereocenters. The molecule has 2 nitrogen and oxygen atoms in total. The van der Waals surface area contributed by atoms with Crippen LogP contribution in [0, 0.1) is 5.92 Å². The number of nitrogens with zero attached hydrogens (tertiary/aromatic N) is 2. The van der Waals surface area contributed by atoms with Crippen LogP contribution in [-0.2, 0) is 6.54 Å². The van der Waals surface area contributed by atoms with E-state index in [1.54, 1.807) is 0 Å². The number of hydrogen-bond acceptors (Lipinski definition) is 1. The van der Waals surface area contributed by atoms with Crippen molar-refractivity contribution in [2.45, 2.75) is 64.8 Å². The van der Waals surface area contributed by atoms with Crippen LogP contribution < -0.4 is 0 Å². The van der Waals surface area contributed by atoms with Crippen LogP contribution in [0.2, 0.25) is 0 Å². The average Bonchev–Trinajstić information content (AvgIpc) is 2.87. The first kappa shape index (κ1) is 13.7. The van der Waals surface area contributed by atoms with Gasteiger partial charge in [0.15, 0.2) is 0 Å². The van der Waals surface area contributed by atoms with Crippen LogP contribution in [0.5, 0.6) is 0 Å². The summed E-state index contributed by atoms with van der Waals surface area (Å²) in [5, 5.41) is 0. The molecule has 1 aromatic heterocycles. The Kier molecular flexibility index (Phi) is 4.09. The molecule has 108 valence electrons. The van der Waals surface area contributed by atoms with E-state index >= 15 is 0 Å². The summed E-state index contributed by atoms with van der Waals surface area (Å²) in [5.74, 6) is 2.75. The van der Waals surface area contributed by atoms with Gasteiger partial charge in [0.1, 0.15) is 5.82 Å². The SMILES string of the molecule is CCC(C)Cn1c(C2CCCCC2)nc2ccccc21. The van der Waals surface area contributed by atoms with Crippen LogP contribution in [0.1, 0.15) is 64.1 Å². The highest BCUT2D eigenvalue weighted by atomic mass is 15.1. The minimum Gasteiger partial charge on any atom is -0.327 e. The first-order chi connectivity index (χ1) is 9.79. The van der Waals surface area contributed by atoms with Crippen molar-refractivity contribution in [3.8, 4) is 0 Å². The quantitative estimate of drug-likeness (QED) is 0.753. The minimum absolute atomic E-state index is 0.681. The molecule has 0 N–H and O–H groups in total. The van der Waals surface area contributed by atoms with Crippen molar-refractivity contribution in [3.05, 3.63) is 30.1 Å². The highest BCUT2D eigenvalue weighted by molar-refractivity contribution is 5.76. The zero-order valence-corrected chi connectivity index (χ0v) is 12.8. The maximum Gasteiger partial charge on any atom is 0.112 e. The number of fused-ring (bicyclic) bond motifs is 1. The molecule has 2 heteroatoms. The van der Waals surface area contributed by atoms with Crippen molar-refractivity contribution < 1.29 is 0 Å². The second kappa shape index (κ2) is 5.99. The third-order valence-electron chi connectivity index (χ3n) is 4.85. The van der Waals surface area contributed by atoms with E-state index in [0.717, 1.165) is 12.5 Å². The lowest BCUT2D eigenvalue weighted by Crippen LogP contribution is -2.15. The van der Waals surface area contributed by atoms with E-state index in [-0.39, 0.29) is 0 Å². The molecule has 1 aliphatic rings. The van der Waals surface area contributed by atoms with Crippen molar-refractivity contribution in [3.63, 3.8) is 0 Å². The Bertz CT molecular complexity index is 564. The fraction of sp³-hybridized carbons (Fsp3) is 0.611. The van der Waals surface area contributed by atoms with E-state index in [1.165, 1.54) is 55.4 Å². The topological polar surface area (TPSA) is 17.8 Å². The van der Waals surface area contributed by atoms with Crippen molar-refractivity contribution in [2.24, 2.45) is 5.92 Å². The lowest BCUT2D eigenvalue weighted by Gasteiger charge is -2.23. The molecule has 0 saturated heterocycles. The minimum atomic E-state index is 0.681. The molecule has 0 aliphatic heterocycles. The Hall–Kier alpha value is -1.31. The molecule has 1 aromatic carbocycles. The van der Waals surface area contributed by atoms with Gasteiger partial charge in [0.2, 0.25) is 0 Å². The molecule has 1 saturated carbocycles. The van der Waals surface area contributed by atoms with Gasteiger partial charge >= 0.3 is 0 Å². The number of imidazole rings is 1. The zero-order valence-electron chi connectivity index (χ0n) is 12.8. The molecular formula is C18H26N2. The van der Waals surface area contributed by atoms with Gasteiger partial charge in [0, 0.05) is 12.5 Å². The summed E-state index contributed by atoms with van der Waals surface area (Å²) in [6.45, 7) is 5.74. The number of aromatic nitrogens is 2. The molecule has 20 heavy (non-hydrogen) atoms. The van der Waals surface area contributed by atoms with Crippen LogP contribution in [0.4, 0.5) is 0 Å². The van der Waals surface area contributed by atoms with E-state index in [1.807, 2.05) is 0 Å². The van der Waals surface area contributed by atoms with Gasteiger partial charge in [0.25, 0.3) is 0 Å². The summed E-state index contributed by atoms with van der Waals surface area (Å²) in [7, 11) is 0. The monoisotopic (exact) mass is 270 g/mol. The number of para-hydroxylation sites is 2. The van der Waals surface area contributed by atoms with Crippen LogP contribution in [-0.4, -0.2) is 9.55 Å². The zero-order chi connectivity index (χ0) is 13.9. The second-order valence-corrected chi connectivity index (χ2v) is 6.42. The van der Waals surface area contributed by atoms with E-state index in [2.05, 4.69) is 42.7 Å². The van der Waals surface area contributed by atoms with Crippen LogP contribution in [0.15, 0.2) is 24.3 Å². The normalized spacial score (nSPS) is 18.5. The van der Waals surface area contributed by atoms with Gasteiger partial charge in [-0.15, -0.1) is 0 Å². The summed E-state index contributed by atoms with van der Waals surface area (Å²) < 4.78 is 2.51. The number of hydrogen-bond donors (Lipinski definition) is 0. The fourth-order valence-corrected chi connectivity index (χ4v) is 3.40. The molecule has 0 bridgehead atoms. The smallest absolute Gasteiger partial charge is 0.112 e. The third kappa shape index (κ3) is 2.61. The van der Waals surface area contributed by atoms with Gasteiger partial charge in [-0.25, -0.2) is 4.98 Å². The Morgan fingerprint density at radius 3 is 2.70 bits per heavy atom. The highest BCUT2D eigenvalue weighted by Crippen LogP contribution is 2.34. The second-order valence-electron chi connectivity index (χ2n) is 6.42. The average molecular weight is 270 g/mol. The summed E-state index contributed by atoms with van der Waals surface area (Å²) in [6, 6.07) is 8.64. The third-order valence-corrected chi connectivity index (χ3v) is 4.85.